The van der Waals surface area contributed by atoms with E-state index in [4.69, 9.17) is 0 Å². The first-order valence-corrected chi connectivity index (χ1v) is 2.69. The lowest BCUT2D eigenvalue weighted by Gasteiger charge is -1.98. The summed E-state index contributed by atoms with van der Waals surface area (Å²) >= 11 is 0. The predicted octanol–water partition coefficient (Wildman–Crippen LogP) is -0.248. The summed E-state index contributed by atoms with van der Waals surface area (Å²) in [6.45, 7) is 0. The van der Waals surface area contributed by atoms with Gasteiger partial charge in [0, 0.05) is 0 Å². The van der Waals surface area contributed by atoms with E-state index in [1.54, 1.807) is 0 Å². The second-order valence-electron chi connectivity index (χ2n) is 1.50. The summed E-state index contributed by atoms with van der Waals surface area (Å²) < 4.78 is 4.60. The van der Waals surface area contributed by atoms with Gasteiger partial charge in [0.15, 0.2) is 0 Å². The van der Waals surface area contributed by atoms with Crippen LogP contribution in [0.2, 0.25) is 0 Å². The molecule has 7 nitrogen and oxygen atoms in total. The largest absolute Gasteiger partial charge is 0.411 e. The fourth-order valence-electron chi connectivity index (χ4n) is 0.443. The van der Waals surface area contributed by atoms with Crippen LogP contribution in [0.1, 0.15) is 0 Å². The highest BCUT2D eigenvalue weighted by atomic mass is 16.6. The number of urea groups is 1. The molecule has 0 aliphatic rings. The Morgan fingerprint density at radius 2 is 2.64 bits per heavy atom. The molecule has 1 aromatic heterocycles. The number of rotatable bonds is 2. The Morgan fingerprint density at radius 3 is 3.18 bits per heavy atom. The number of anilines is 1. The summed E-state index contributed by atoms with van der Waals surface area (Å²) in [6, 6.07) is -0.559. The van der Waals surface area contributed by atoms with Gasteiger partial charge in [-0.05, 0) is 0 Å². The summed E-state index contributed by atoms with van der Waals surface area (Å²) in [6.07, 6.45) is 1.10. The van der Waals surface area contributed by atoms with Gasteiger partial charge in [0.2, 0.25) is 6.39 Å². The van der Waals surface area contributed by atoms with E-state index in [9.17, 15) is 4.79 Å². The minimum absolute atomic E-state index is 0.0135. The van der Waals surface area contributed by atoms with E-state index in [1.807, 2.05) is 5.48 Å². The molecule has 7 heteroatoms. The van der Waals surface area contributed by atoms with Crippen molar-refractivity contribution in [2.24, 2.45) is 0 Å². The number of hydrogen-bond acceptors (Lipinski definition) is 5. The van der Waals surface area contributed by atoms with Crippen LogP contribution in [0.5, 0.6) is 0 Å². The number of hydroxylamine groups is 1. The maximum Gasteiger partial charge on any atom is 0.346 e. The second kappa shape index (κ2) is 3.52. The Kier molecular flexibility index (Phi) is 2.39. The average molecular weight is 158 g/mol. The predicted molar refractivity (Wildman–Crippen MR) is 33.5 cm³/mol. The van der Waals surface area contributed by atoms with Gasteiger partial charge in [-0.25, -0.2) is 10.3 Å². The number of aromatic nitrogens is 2. The summed E-state index contributed by atoms with van der Waals surface area (Å²) in [4.78, 5) is 14.9. The quantitative estimate of drug-likeness (QED) is 0.579. The molecule has 0 spiro atoms. The van der Waals surface area contributed by atoms with Gasteiger partial charge in [-0.15, -0.1) is 5.10 Å². The van der Waals surface area contributed by atoms with E-state index in [1.165, 1.54) is 7.11 Å². The van der Waals surface area contributed by atoms with Gasteiger partial charge in [-0.1, -0.05) is 5.10 Å². The molecule has 0 saturated heterocycles. The number of carbonyl (C=O) groups is 1. The van der Waals surface area contributed by atoms with Crippen molar-refractivity contribution in [2.45, 2.75) is 0 Å². The molecule has 2 N–H and O–H groups in total. The molecular formula is C4H6N4O3. The third-order valence-corrected chi connectivity index (χ3v) is 0.775. The van der Waals surface area contributed by atoms with E-state index in [0.29, 0.717) is 0 Å². The van der Waals surface area contributed by atoms with Crippen LogP contribution in [0.3, 0.4) is 0 Å². The van der Waals surface area contributed by atoms with Crippen molar-refractivity contribution in [3.05, 3.63) is 6.39 Å². The zero-order chi connectivity index (χ0) is 8.10. The molecule has 0 aliphatic heterocycles. The standard InChI is InChI=1S/C4H6N4O3/c1-10-8-3(9)6-4-7-5-2-11-4/h2H,1H3,(H2,6,7,8,9). The molecule has 0 fully saturated rings. The third-order valence-electron chi connectivity index (χ3n) is 0.775. The van der Waals surface area contributed by atoms with E-state index in [0.717, 1.165) is 6.39 Å². The summed E-state index contributed by atoms with van der Waals surface area (Å²) in [5, 5.41) is 8.94. The molecule has 1 heterocycles. The summed E-state index contributed by atoms with van der Waals surface area (Å²) in [7, 11) is 1.31. The van der Waals surface area contributed by atoms with Gasteiger partial charge in [0.05, 0.1) is 7.11 Å². The SMILES string of the molecule is CONC(=O)Nc1nnco1. The molecule has 0 radical (unpaired) electrons. The van der Waals surface area contributed by atoms with Crippen LogP contribution >= 0.6 is 0 Å². The minimum atomic E-state index is -0.572. The molecule has 0 aromatic carbocycles. The number of amides is 2. The van der Waals surface area contributed by atoms with Gasteiger partial charge in [0.1, 0.15) is 0 Å². The molecule has 0 atom stereocenters. The molecule has 2 amide bonds. The Hall–Kier alpha value is -1.63. The lowest BCUT2D eigenvalue weighted by atomic mass is 10.9. The molecule has 1 rings (SSSR count). The van der Waals surface area contributed by atoms with Crippen LogP contribution < -0.4 is 10.8 Å². The van der Waals surface area contributed by atoms with E-state index in [2.05, 4.69) is 24.8 Å². The third kappa shape index (κ3) is 2.22. The van der Waals surface area contributed by atoms with E-state index < -0.39 is 6.03 Å². The maximum absolute atomic E-state index is 10.6. The maximum atomic E-state index is 10.6. The highest BCUT2D eigenvalue weighted by Crippen LogP contribution is 1.96. The highest BCUT2D eigenvalue weighted by Gasteiger charge is 2.02. The molecule has 0 unspecified atom stereocenters. The molecule has 0 saturated carbocycles. The smallest absolute Gasteiger partial charge is 0.346 e. The number of carbonyl (C=O) groups excluding carboxylic acids is 1. The molecule has 0 bridgehead atoms. The van der Waals surface area contributed by atoms with Gasteiger partial charge in [0.25, 0.3) is 0 Å². The van der Waals surface area contributed by atoms with Gasteiger partial charge in [-0.2, -0.15) is 0 Å². The van der Waals surface area contributed by atoms with Crippen molar-refractivity contribution in [2.75, 3.05) is 12.4 Å². The van der Waals surface area contributed by atoms with Crippen molar-refractivity contribution in [3.63, 3.8) is 0 Å². The Bertz CT molecular complexity index is 221. The fourth-order valence-corrected chi connectivity index (χ4v) is 0.443. The second-order valence-corrected chi connectivity index (χ2v) is 1.50. The van der Waals surface area contributed by atoms with E-state index in [-0.39, 0.29) is 6.01 Å². The van der Waals surface area contributed by atoms with Crippen molar-refractivity contribution >= 4 is 12.0 Å². The molecule has 11 heavy (non-hydrogen) atoms. The Balaban J connectivity index is 2.37. The summed E-state index contributed by atoms with van der Waals surface area (Å²) in [5.74, 6) is 0. The van der Waals surface area contributed by atoms with Crippen molar-refractivity contribution in [3.8, 4) is 0 Å². The van der Waals surface area contributed by atoms with Gasteiger partial charge in [-0.3, -0.25) is 10.2 Å². The normalized spacial score (nSPS) is 9.18. The Morgan fingerprint density at radius 1 is 1.82 bits per heavy atom. The van der Waals surface area contributed by atoms with Crippen LogP contribution in [0, 0.1) is 0 Å². The lowest BCUT2D eigenvalue weighted by molar-refractivity contribution is 0.114. The van der Waals surface area contributed by atoms with Gasteiger partial charge < -0.3 is 4.42 Å². The van der Waals surface area contributed by atoms with Crippen LogP contribution in [0.25, 0.3) is 0 Å². The Labute approximate surface area is 61.7 Å². The molecular weight excluding hydrogens is 152 g/mol. The van der Waals surface area contributed by atoms with Crippen LogP contribution in [0.4, 0.5) is 10.8 Å². The zero-order valence-corrected chi connectivity index (χ0v) is 5.70. The van der Waals surface area contributed by atoms with E-state index >= 15 is 0 Å². The minimum Gasteiger partial charge on any atom is -0.411 e. The number of nitrogens with zero attached hydrogens (tertiary/aromatic N) is 2. The topological polar surface area (TPSA) is 89.3 Å². The summed E-state index contributed by atoms with van der Waals surface area (Å²) in [5.41, 5.74) is 2.01. The highest BCUT2D eigenvalue weighted by molar-refractivity contribution is 5.85. The fraction of sp³-hybridized carbons (Fsp3) is 0.250. The van der Waals surface area contributed by atoms with Crippen LogP contribution in [-0.2, 0) is 4.84 Å². The van der Waals surface area contributed by atoms with Gasteiger partial charge >= 0.3 is 12.0 Å². The molecule has 60 valence electrons. The number of nitrogens with one attached hydrogen (secondary N) is 2. The van der Waals surface area contributed by atoms with Crippen LogP contribution in [-0.4, -0.2) is 23.3 Å². The first-order valence-electron chi connectivity index (χ1n) is 2.69. The van der Waals surface area contributed by atoms with Crippen molar-refractivity contribution in [1.82, 2.24) is 15.7 Å². The number of hydrogen-bond donors (Lipinski definition) is 2. The first kappa shape index (κ1) is 7.48. The lowest BCUT2D eigenvalue weighted by Crippen LogP contribution is -2.27. The molecule has 0 aliphatic carbocycles. The average Bonchev–Trinajstić information content (AvgIpc) is 2.40. The zero-order valence-electron chi connectivity index (χ0n) is 5.70. The van der Waals surface area contributed by atoms with Crippen molar-refractivity contribution in [1.29, 1.82) is 0 Å². The first-order chi connectivity index (χ1) is 5.33. The molecule has 1 aromatic rings. The van der Waals surface area contributed by atoms with Crippen molar-refractivity contribution < 1.29 is 14.0 Å². The monoisotopic (exact) mass is 158 g/mol. The van der Waals surface area contributed by atoms with Crippen LogP contribution in [0.15, 0.2) is 10.8 Å².